The molecule has 1 unspecified atom stereocenters. The topological polar surface area (TPSA) is 60.9 Å². The lowest BCUT2D eigenvalue weighted by atomic mass is 9.67. The number of carbonyl (C=O) groups is 3. The number of piperidine rings is 4. The highest BCUT2D eigenvalue weighted by Gasteiger charge is 2.54. The number of carbonyl (C=O) groups excluding carboxylic acids is 3. The highest BCUT2D eigenvalue weighted by molar-refractivity contribution is 6.23. The minimum atomic E-state index is -0.645. The van der Waals surface area contributed by atoms with Crippen molar-refractivity contribution in [2.45, 2.75) is 63.6 Å². The first-order chi connectivity index (χ1) is 14.6. The van der Waals surface area contributed by atoms with Gasteiger partial charge in [0.1, 0.15) is 6.04 Å². The number of benzene rings is 1. The van der Waals surface area contributed by atoms with Crippen molar-refractivity contribution < 1.29 is 14.4 Å². The Morgan fingerprint density at radius 2 is 1.73 bits per heavy atom. The number of rotatable bonds is 1. The predicted octanol–water partition coefficient (Wildman–Crippen LogP) is 2.45. The lowest BCUT2D eigenvalue weighted by Crippen LogP contribution is -2.69. The van der Waals surface area contributed by atoms with Crippen LogP contribution in [0.3, 0.4) is 0 Å². The molecule has 0 spiro atoms. The minimum absolute atomic E-state index is 0.000411. The Balaban J connectivity index is 1.30. The maximum Gasteiger partial charge on any atom is 0.262 e. The van der Waals surface area contributed by atoms with Crippen LogP contribution in [-0.2, 0) is 4.79 Å². The van der Waals surface area contributed by atoms with Gasteiger partial charge in [-0.15, -0.1) is 0 Å². The zero-order valence-corrected chi connectivity index (χ0v) is 17.5. The third-order valence-electron chi connectivity index (χ3n) is 8.44. The maximum absolute atomic E-state index is 13.7. The molecule has 0 saturated carbocycles. The number of hydrogen-bond donors (Lipinski definition) is 0. The van der Waals surface area contributed by atoms with Crippen LogP contribution in [0.1, 0.15) is 64.8 Å². The number of aryl methyl sites for hydroxylation is 1. The molecule has 30 heavy (non-hydrogen) atoms. The van der Waals surface area contributed by atoms with Crippen molar-refractivity contribution in [3.8, 4) is 0 Å². The van der Waals surface area contributed by atoms with Crippen LogP contribution in [0.15, 0.2) is 18.2 Å². The van der Waals surface area contributed by atoms with E-state index in [1.165, 1.54) is 43.7 Å². The van der Waals surface area contributed by atoms with E-state index in [4.69, 9.17) is 0 Å². The van der Waals surface area contributed by atoms with Crippen LogP contribution in [0.5, 0.6) is 0 Å². The highest BCUT2D eigenvalue weighted by atomic mass is 16.2. The van der Waals surface area contributed by atoms with E-state index in [1.807, 2.05) is 19.1 Å². The largest absolute Gasteiger partial charge is 0.337 e. The van der Waals surface area contributed by atoms with Crippen LogP contribution in [-0.4, -0.2) is 70.2 Å². The van der Waals surface area contributed by atoms with Crippen LogP contribution in [0.2, 0.25) is 0 Å². The summed E-state index contributed by atoms with van der Waals surface area (Å²) in [6, 6.07) is 5.63. The van der Waals surface area contributed by atoms with Gasteiger partial charge in [0, 0.05) is 18.6 Å². The van der Waals surface area contributed by atoms with Gasteiger partial charge in [-0.25, -0.2) is 0 Å². The smallest absolute Gasteiger partial charge is 0.262 e. The molecule has 6 rings (SSSR count). The predicted molar refractivity (Wildman–Crippen MR) is 111 cm³/mol. The highest BCUT2D eigenvalue weighted by Crippen LogP contribution is 2.45. The first-order valence-electron chi connectivity index (χ1n) is 11.6. The second-order valence-electron chi connectivity index (χ2n) is 9.86. The summed E-state index contributed by atoms with van der Waals surface area (Å²) in [5, 5.41) is 0. The molecule has 0 aromatic heterocycles. The summed E-state index contributed by atoms with van der Waals surface area (Å²) in [6.07, 6.45) is 6.30. The van der Waals surface area contributed by atoms with Crippen molar-refractivity contribution in [2.75, 3.05) is 19.6 Å². The molecule has 6 nitrogen and oxygen atoms in total. The molecule has 5 aliphatic rings. The molecule has 0 aliphatic carbocycles. The average Bonchev–Trinajstić information content (AvgIpc) is 3.01. The number of nitrogens with zero attached hydrogens (tertiary/aromatic N) is 3. The van der Waals surface area contributed by atoms with Gasteiger partial charge in [-0.3, -0.25) is 24.2 Å². The molecule has 1 aromatic carbocycles. The third kappa shape index (κ3) is 2.43. The van der Waals surface area contributed by atoms with Crippen molar-refractivity contribution >= 4 is 17.7 Å². The molecule has 5 atom stereocenters. The molecule has 158 valence electrons. The van der Waals surface area contributed by atoms with Crippen LogP contribution in [0, 0.1) is 18.8 Å². The van der Waals surface area contributed by atoms with E-state index in [0.29, 0.717) is 35.4 Å². The van der Waals surface area contributed by atoms with Crippen LogP contribution in [0.25, 0.3) is 0 Å². The Kier molecular flexibility index (Phi) is 4.11. The lowest BCUT2D eigenvalue weighted by molar-refractivity contribution is -0.156. The molecule has 5 heterocycles. The molecule has 5 aliphatic heterocycles. The van der Waals surface area contributed by atoms with Gasteiger partial charge in [-0.1, -0.05) is 12.1 Å². The lowest BCUT2D eigenvalue weighted by Gasteiger charge is -2.59. The molecule has 0 bridgehead atoms. The van der Waals surface area contributed by atoms with Crippen LogP contribution < -0.4 is 0 Å². The number of imide groups is 1. The summed E-state index contributed by atoms with van der Waals surface area (Å²) in [5.41, 5.74) is 1.73. The maximum atomic E-state index is 13.7. The first kappa shape index (κ1) is 18.6. The van der Waals surface area contributed by atoms with E-state index >= 15 is 0 Å². The Bertz CT molecular complexity index is 942. The third-order valence-corrected chi connectivity index (χ3v) is 8.44. The molecule has 4 saturated heterocycles. The molecule has 0 N–H and O–H groups in total. The van der Waals surface area contributed by atoms with Crippen molar-refractivity contribution in [1.82, 2.24) is 14.7 Å². The standard InChI is InChI=1S/C24H29N3O3/c1-14-5-2-7-17-20(14)24(30)27(22(17)28)19-10-9-18-16-8-4-12-25-11-3-6-15(21(16)25)13-26(18)23(19)29/h2,5,7,15-16,18-19,21H,3-4,6,8-13H2,1H3/t15-,16-,18-,19?,21+/m1/s1. The summed E-state index contributed by atoms with van der Waals surface area (Å²) in [4.78, 5) is 46.0. The first-order valence-corrected chi connectivity index (χ1v) is 11.6. The van der Waals surface area contributed by atoms with Gasteiger partial charge in [0.2, 0.25) is 5.91 Å². The second kappa shape index (κ2) is 6.64. The fourth-order valence-corrected chi connectivity index (χ4v) is 7.26. The van der Waals surface area contributed by atoms with Crippen molar-refractivity contribution in [3.63, 3.8) is 0 Å². The van der Waals surface area contributed by atoms with Gasteiger partial charge in [-0.2, -0.15) is 0 Å². The molecular formula is C24H29N3O3. The number of hydrogen-bond acceptors (Lipinski definition) is 4. The van der Waals surface area contributed by atoms with E-state index in [0.717, 1.165) is 18.5 Å². The Morgan fingerprint density at radius 1 is 0.933 bits per heavy atom. The zero-order valence-electron chi connectivity index (χ0n) is 17.5. The van der Waals surface area contributed by atoms with Gasteiger partial charge in [0.05, 0.1) is 11.1 Å². The van der Waals surface area contributed by atoms with Crippen LogP contribution in [0.4, 0.5) is 0 Å². The van der Waals surface area contributed by atoms with Gasteiger partial charge in [-0.05, 0) is 82.0 Å². The van der Waals surface area contributed by atoms with E-state index < -0.39 is 6.04 Å². The van der Waals surface area contributed by atoms with E-state index in [9.17, 15) is 14.4 Å². The Labute approximate surface area is 177 Å². The van der Waals surface area contributed by atoms with Gasteiger partial charge in [0.25, 0.3) is 11.8 Å². The van der Waals surface area contributed by atoms with E-state index in [2.05, 4.69) is 9.80 Å². The molecule has 0 radical (unpaired) electrons. The monoisotopic (exact) mass is 407 g/mol. The zero-order chi connectivity index (χ0) is 20.6. The van der Waals surface area contributed by atoms with E-state index in [1.54, 1.807) is 6.07 Å². The van der Waals surface area contributed by atoms with Crippen molar-refractivity contribution in [2.24, 2.45) is 11.8 Å². The molecular weight excluding hydrogens is 378 g/mol. The normalized spacial score (nSPS) is 35.9. The van der Waals surface area contributed by atoms with Gasteiger partial charge >= 0.3 is 0 Å². The quantitative estimate of drug-likeness (QED) is 0.671. The average molecular weight is 408 g/mol. The molecule has 3 amide bonds. The van der Waals surface area contributed by atoms with Gasteiger partial charge < -0.3 is 4.90 Å². The fraction of sp³-hybridized carbons (Fsp3) is 0.625. The molecule has 4 fully saturated rings. The van der Waals surface area contributed by atoms with Gasteiger partial charge in [0.15, 0.2) is 0 Å². The van der Waals surface area contributed by atoms with Crippen molar-refractivity contribution in [1.29, 1.82) is 0 Å². The van der Waals surface area contributed by atoms with Crippen molar-refractivity contribution in [3.05, 3.63) is 34.9 Å². The summed E-state index contributed by atoms with van der Waals surface area (Å²) in [5.74, 6) is 0.493. The summed E-state index contributed by atoms with van der Waals surface area (Å²) >= 11 is 0. The van der Waals surface area contributed by atoms with Crippen LogP contribution >= 0.6 is 0 Å². The number of amides is 3. The molecule has 6 heteroatoms. The minimum Gasteiger partial charge on any atom is -0.337 e. The number of fused-ring (bicyclic) bond motifs is 3. The summed E-state index contributed by atoms with van der Waals surface area (Å²) in [7, 11) is 0. The SMILES string of the molecule is Cc1cccc2c1C(=O)N(C1CC[C@@H]3[C@H]4CCCN5CCC[C@H](CN3C1=O)[C@@H]45)C2=O. The summed E-state index contributed by atoms with van der Waals surface area (Å²) in [6.45, 7) is 5.06. The Hall–Kier alpha value is -2.21. The summed E-state index contributed by atoms with van der Waals surface area (Å²) < 4.78 is 0. The molecule has 1 aromatic rings. The fourth-order valence-electron chi connectivity index (χ4n) is 7.26. The second-order valence-corrected chi connectivity index (χ2v) is 9.86. The van der Waals surface area contributed by atoms with E-state index in [-0.39, 0.29) is 23.8 Å². The Morgan fingerprint density at radius 3 is 2.53 bits per heavy atom.